The summed E-state index contributed by atoms with van der Waals surface area (Å²) in [5.74, 6) is -1.24. The molecule has 4 rings (SSSR count). The monoisotopic (exact) mass is 449 g/mol. The second kappa shape index (κ2) is 9.48. The van der Waals surface area contributed by atoms with Gasteiger partial charge in [0.1, 0.15) is 13.2 Å². The van der Waals surface area contributed by atoms with Gasteiger partial charge >= 0.3 is 0 Å². The molecular formula is C20H17F2N3O3S2. The molecule has 156 valence electrons. The van der Waals surface area contributed by atoms with Crippen molar-refractivity contribution in [1.29, 1.82) is 0 Å². The Balaban J connectivity index is 1.35. The third kappa shape index (κ3) is 5.31. The highest BCUT2D eigenvalue weighted by Crippen LogP contribution is 2.30. The molecule has 2 aliphatic heterocycles. The Morgan fingerprint density at radius 2 is 1.93 bits per heavy atom. The lowest BCUT2D eigenvalue weighted by molar-refractivity contribution is -0.118. The van der Waals surface area contributed by atoms with E-state index in [4.69, 9.17) is 9.47 Å². The van der Waals surface area contributed by atoms with Gasteiger partial charge in [-0.2, -0.15) is 13.9 Å². The minimum atomic E-state index is -2.45. The van der Waals surface area contributed by atoms with Gasteiger partial charge in [0.15, 0.2) is 16.7 Å². The number of ether oxygens (including phenoxy) is 2. The Kier molecular flexibility index (Phi) is 6.53. The van der Waals surface area contributed by atoms with E-state index < -0.39 is 5.76 Å². The number of rotatable bonds is 6. The Labute approximate surface area is 180 Å². The summed E-state index contributed by atoms with van der Waals surface area (Å²) in [4.78, 5) is 12.7. The fraction of sp³-hybridized carbons (Fsp3) is 0.250. The number of carbonyl (C=O) groups is 1. The summed E-state index contributed by atoms with van der Waals surface area (Å²) in [6.07, 6.45) is 2.05. The summed E-state index contributed by atoms with van der Waals surface area (Å²) in [7, 11) is 0. The molecule has 0 aliphatic carbocycles. The number of hydrogen-bond acceptors (Lipinski definition) is 7. The minimum Gasteiger partial charge on any atom is -0.486 e. The summed E-state index contributed by atoms with van der Waals surface area (Å²) >= 11 is 1.79. The number of hydrogen-bond donors (Lipinski definition) is 1. The van der Waals surface area contributed by atoms with Gasteiger partial charge in [-0.3, -0.25) is 4.79 Å². The molecule has 2 aromatic rings. The van der Waals surface area contributed by atoms with Gasteiger partial charge < -0.3 is 14.8 Å². The first kappa shape index (κ1) is 20.7. The fourth-order valence-corrected chi connectivity index (χ4v) is 4.36. The van der Waals surface area contributed by atoms with Crippen LogP contribution < -0.4 is 14.8 Å². The minimum absolute atomic E-state index is 0.153. The van der Waals surface area contributed by atoms with Crippen LogP contribution in [0, 0.1) is 0 Å². The Morgan fingerprint density at radius 1 is 1.17 bits per heavy atom. The molecule has 2 aliphatic rings. The number of amidine groups is 1. The normalized spacial score (nSPS) is 19.6. The Bertz CT molecular complexity index is 984. The third-order valence-corrected chi connectivity index (χ3v) is 6.06. The average Bonchev–Trinajstić information content (AvgIpc) is 3.08. The number of amides is 1. The molecule has 1 fully saturated rings. The van der Waals surface area contributed by atoms with E-state index in [1.807, 2.05) is 18.2 Å². The summed E-state index contributed by atoms with van der Waals surface area (Å²) in [6, 6.07) is 12.3. The van der Waals surface area contributed by atoms with Crippen LogP contribution in [0.5, 0.6) is 11.5 Å². The molecule has 2 aromatic carbocycles. The van der Waals surface area contributed by atoms with Crippen molar-refractivity contribution in [2.24, 2.45) is 10.2 Å². The second-order valence-electron chi connectivity index (χ2n) is 6.38. The number of alkyl halides is 2. The molecule has 0 aromatic heterocycles. The SMILES string of the molecule is O=C1N/C(=N/N=C/c2ccc3c(c2)OCCO3)SC1Cc1ccc(SC(F)F)cc1. The van der Waals surface area contributed by atoms with Crippen LogP contribution in [-0.4, -0.2) is 41.5 Å². The van der Waals surface area contributed by atoms with Gasteiger partial charge in [0.2, 0.25) is 5.91 Å². The maximum absolute atomic E-state index is 12.4. The summed E-state index contributed by atoms with van der Waals surface area (Å²) in [5.41, 5.74) is 1.69. The number of benzene rings is 2. The Hall–Kier alpha value is -2.59. The van der Waals surface area contributed by atoms with Crippen molar-refractivity contribution in [3.63, 3.8) is 0 Å². The molecule has 30 heavy (non-hydrogen) atoms. The molecule has 0 saturated carbocycles. The van der Waals surface area contributed by atoms with E-state index in [0.29, 0.717) is 53.0 Å². The largest absolute Gasteiger partial charge is 0.486 e. The lowest BCUT2D eigenvalue weighted by atomic mass is 10.1. The predicted molar refractivity (Wildman–Crippen MR) is 114 cm³/mol. The van der Waals surface area contributed by atoms with Crippen LogP contribution in [0.4, 0.5) is 8.78 Å². The summed E-state index contributed by atoms with van der Waals surface area (Å²) in [5, 5.41) is 10.9. The standard InChI is InChI=1S/C20H17F2N3O3S2/c21-19(22)29-14-4-1-12(2-5-14)10-17-18(26)24-20(30-17)25-23-11-13-3-6-15-16(9-13)28-8-7-27-15/h1-6,9,11,17,19H,7-8,10H2,(H,24,25,26)/b23-11+. The number of thioether (sulfide) groups is 2. The van der Waals surface area contributed by atoms with Crippen molar-refractivity contribution in [3.05, 3.63) is 53.6 Å². The first-order chi connectivity index (χ1) is 14.6. The summed E-state index contributed by atoms with van der Waals surface area (Å²) < 4.78 is 35.8. The molecule has 2 heterocycles. The van der Waals surface area contributed by atoms with E-state index in [2.05, 4.69) is 15.5 Å². The highest BCUT2D eigenvalue weighted by Gasteiger charge is 2.30. The van der Waals surface area contributed by atoms with E-state index in [9.17, 15) is 13.6 Å². The summed E-state index contributed by atoms with van der Waals surface area (Å²) in [6.45, 7) is 1.04. The molecule has 1 saturated heterocycles. The first-order valence-electron chi connectivity index (χ1n) is 9.09. The van der Waals surface area contributed by atoms with Crippen LogP contribution >= 0.6 is 23.5 Å². The molecule has 10 heteroatoms. The van der Waals surface area contributed by atoms with Crippen LogP contribution in [0.1, 0.15) is 11.1 Å². The van der Waals surface area contributed by atoms with Crippen LogP contribution in [-0.2, 0) is 11.2 Å². The van der Waals surface area contributed by atoms with Gasteiger partial charge in [-0.05, 0) is 47.9 Å². The zero-order chi connectivity index (χ0) is 20.9. The highest BCUT2D eigenvalue weighted by molar-refractivity contribution is 8.15. The van der Waals surface area contributed by atoms with Gasteiger partial charge in [0, 0.05) is 4.90 Å². The van der Waals surface area contributed by atoms with Crippen LogP contribution in [0.3, 0.4) is 0 Å². The fourth-order valence-electron chi connectivity index (χ4n) is 2.90. The first-order valence-corrected chi connectivity index (χ1v) is 10.8. The van der Waals surface area contributed by atoms with E-state index in [-0.39, 0.29) is 11.2 Å². The van der Waals surface area contributed by atoms with E-state index in [0.717, 1.165) is 11.1 Å². The molecule has 0 spiro atoms. The molecular weight excluding hydrogens is 432 g/mol. The van der Waals surface area contributed by atoms with Crippen molar-refractivity contribution in [2.75, 3.05) is 13.2 Å². The molecule has 0 radical (unpaired) electrons. The molecule has 1 N–H and O–H groups in total. The smallest absolute Gasteiger partial charge is 0.288 e. The van der Waals surface area contributed by atoms with E-state index >= 15 is 0 Å². The van der Waals surface area contributed by atoms with Gasteiger partial charge in [0.25, 0.3) is 5.76 Å². The third-order valence-electron chi connectivity index (χ3n) is 4.27. The van der Waals surface area contributed by atoms with Crippen LogP contribution in [0.25, 0.3) is 0 Å². The number of fused-ring (bicyclic) bond motifs is 1. The average molecular weight is 450 g/mol. The van der Waals surface area contributed by atoms with E-state index in [1.54, 1.807) is 30.5 Å². The molecule has 6 nitrogen and oxygen atoms in total. The maximum Gasteiger partial charge on any atom is 0.288 e. The molecule has 1 atom stereocenters. The Morgan fingerprint density at radius 3 is 2.70 bits per heavy atom. The van der Waals surface area contributed by atoms with E-state index in [1.165, 1.54) is 11.8 Å². The number of halogens is 2. The van der Waals surface area contributed by atoms with Crippen LogP contribution in [0.2, 0.25) is 0 Å². The lowest BCUT2D eigenvalue weighted by Gasteiger charge is -2.18. The number of nitrogens with one attached hydrogen (secondary N) is 1. The highest BCUT2D eigenvalue weighted by atomic mass is 32.2. The van der Waals surface area contributed by atoms with Crippen molar-refractivity contribution in [3.8, 4) is 11.5 Å². The van der Waals surface area contributed by atoms with Crippen molar-refractivity contribution < 1.29 is 23.0 Å². The molecule has 1 amide bonds. The maximum atomic E-state index is 12.4. The number of carbonyl (C=O) groups excluding carboxylic acids is 1. The van der Waals surface area contributed by atoms with Gasteiger partial charge in [-0.25, -0.2) is 0 Å². The van der Waals surface area contributed by atoms with Gasteiger partial charge in [-0.15, -0.1) is 5.10 Å². The molecule has 1 unspecified atom stereocenters. The zero-order valence-corrected chi connectivity index (χ0v) is 17.2. The predicted octanol–water partition coefficient (Wildman–Crippen LogP) is 3.94. The number of nitrogens with zero attached hydrogens (tertiary/aromatic N) is 2. The van der Waals surface area contributed by atoms with Crippen molar-refractivity contribution in [2.45, 2.75) is 22.3 Å². The van der Waals surface area contributed by atoms with Crippen molar-refractivity contribution in [1.82, 2.24) is 5.32 Å². The van der Waals surface area contributed by atoms with Crippen LogP contribution in [0.15, 0.2) is 57.6 Å². The molecule has 0 bridgehead atoms. The second-order valence-corrected chi connectivity index (χ2v) is 8.63. The van der Waals surface area contributed by atoms with Crippen molar-refractivity contribution >= 4 is 40.8 Å². The lowest BCUT2D eigenvalue weighted by Crippen LogP contribution is -2.25. The quantitative estimate of drug-likeness (QED) is 0.411. The van der Waals surface area contributed by atoms with Gasteiger partial charge in [0.05, 0.1) is 11.5 Å². The zero-order valence-electron chi connectivity index (χ0n) is 15.6. The van der Waals surface area contributed by atoms with Gasteiger partial charge in [-0.1, -0.05) is 35.7 Å². The topological polar surface area (TPSA) is 72.3 Å².